The molecule has 2 amide bonds. The normalized spacial score (nSPS) is 15.6. The average Bonchev–Trinajstić information content (AvgIpc) is 3.26. The number of hydrazone groups is 1. The topological polar surface area (TPSA) is 113 Å². The molecule has 9 heteroatoms. The van der Waals surface area contributed by atoms with E-state index in [9.17, 15) is 14.0 Å². The van der Waals surface area contributed by atoms with Crippen LogP contribution in [-0.2, 0) is 9.59 Å². The lowest BCUT2D eigenvalue weighted by molar-refractivity contribution is -0.119. The summed E-state index contributed by atoms with van der Waals surface area (Å²) in [6.45, 7) is 0. The van der Waals surface area contributed by atoms with Gasteiger partial charge in [-0.15, -0.1) is 0 Å². The van der Waals surface area contributed by atoms with Gasteiger partial charge in [-0.05, 0) is 60.7 Å². The Morgan fingerprint density at radius 2 is 1.56 bits per heavy atom. The summed E-state index contributed by atoms with van der Waals surface area (Å²) in [6, 6.07) is 20.8. The Hall–Kier alpha value is -4.40. The molecule has 0 aliphatic carbocycles. The number of benzene rings is 3. The molecule has 3 aromatic rings. The first-order chi connectivity index (χ1) is 15.5. The molecule has 1 unspecified atom stereocenters. The molecule has 1 heterocycles. The van der Waals surface area contributed by atoms with Crippen molar-refractivity contribution in [2.45, 2.75) is 12.5 Å². The molecule has 1 aliphatic heterocycles. The van der Waals surface area contributed by atoms with Crippen molar-refractivity contribution < 1.29 is 14.0 Å². The predicted octanol–water partition coefficient (Wildman–Crippen LogP) is 4.30. The number of primary amides is 1. The van der Waals surface area contributed by atoms with E-state index < -0.39 is 23.7 Å². The smallest absolute Gasteiger partial charge is 0.271 e. The van der Waals surface area contributed by atoms with E-state index in [0.29, 0.717) is 17.1 Å². The standard InChI is InChI=1S/C23H19FN6O2/c24-15-6-12-19(13-7-15)30-21(22(25)31)14-20(29-30)23(32)26-16-8-10-18(11-9-16)28-27-17-4-2-1-3-5-17/h1-13,21H,14H2,(H2,25,31)(H,26,32). The van der Waals surface area contributed by atoms with Crippen LogP contribution in [0.5, 0.6) is 0 Å². The second-order valence-corrected chi connectivity index (χ2v) is 7.03. The third-order valence-corrected chi connectivity index (χ3v) is 4.75. The molecule has 0 saturated heterocycles. The Kier molecular flexibility index (Phi) is 5.98. The van der Waals surface area contributed by atoms with Gasteiger partial charge in [0.15, 0.2) is 0 Å². The van der Waals surface area contributed by atoms with Gasteiger partial charge in [0.2, 0.25) is 5.91 Å². The highest BCUT2D eigenvalue weighted by Crippen LogP contribution is 2.26. The quantitative estimate of drug-likeness (QED) is 0.569. The minimum atomic E-state index is -0.831. The average molecular weight is 430 g/mol. The number of carbonyl (C=O) groups is 2. The van der Waals surface area contributed by atoms with Gasteiger partial charge in [-0.3, -0.25) is 14.6 Å². The summed E-state index contributed by atoms with van der Waals surface area (Å²) < 4.78 is 13.2. The molecule has 8 nitrogen and oxygen atoms in total. The minimum Gasteiger partial charge on any atom is -0.368 e. The molecule has 1 aliphatic rings. The van der Waals surface area contributed by atoms with Crippen LogP contribution >= 0.6 is 0 Å². The van der Waals surface area contributed by atoms with Crippen molar-refractivity contribution in [3.05, 3.63) is 84.7 Å². The number of nitrogens with two attached hydrogens (primary N) is 1. The van der Waals surface area contributed by atoms with E-state index >= 15 is 0 Å². The molecule has 160 valence electrons. The highest BCUT2D eigenvalue weighted by Gasteiger charge is 2.35. The van der Waals surface area contributed by atoms with Gasteiger partial charge in [-0.25, -0.2) is 4.39 Å². The number of azo groups is 1. The van der Waals surface area contributed by atoms with Gasteiger partial charge in [0.05, 0.1) is 17.1 Å². The van der Waals surface area contributed by atoms with Crippen LogP contribution in [0, 0.1) is 5.82 Å². The summed E-state index contributed by atoms with van der Waals surface area (Å²) in [7, 11) is 0. The lowest BCUT2D eigenvalue weighted by Crippen LogP contribution is -2.39. The SMILES string of the molecule is NC(=O)C1CC(C(=O)Nc2ccc(N=Nc3ccccc3)cc2)=NN1c1ccc(F)cc1. The summed E-state index contributed by atoms with van der Waals surface area (Å²) in [5, 5.41) is 16.6. The van der Waals surface area contributed by atoms with Crippen LogP contribution in [-0.4, -0.2) is 23.6 Å². The highest BCUT2D eigenvalue weighted by atomic mass is 19.1. The zero-order valence-corrected chi connectivity index (χ0v) is 16.9. The first kappa shape index (κ1) is 20.9. The Morgan fingerprint density at radius 1 is 0.938 bits per heavy atom. The zero-order valence-electron chi connectivity index (χ0n) is 16.9. The maximum atomic E-state index is 13.2. The maximum absolute atomic E-state index is 13.2. The molecule has 0 aromatic heterocycles. The summed E-state index contributed by atoms with van der Waals surface area (Å²) in [5.41, 5.74) is 7.98. The third-order valence-electron chi connectivity index (χ3n) is 4.75. The van der Waals surface area contributed by atoms with Gasteiger partial charge in [0.25, 0.3) is 5.91 Å². The predicted molar refractivity (Wildman–Crippen MR) is 120 cm³/mol. The van der Waals surface area contributed by atoms with E-state index in [4.69, 9.17) is 5.73 Å². The minimum absolute atomic E-state index is 0.0436. The molecule has 1 atom stereocenters. The van der Waals surface area contributed by atoms with Crippen molar-refractivity contribution in [1.29, 1.82) is 0 Å². The highest BCUT2D eigenvalue weighted by molar-refractivity contribution is 6.44. The van der Waals surface area contributed by atoms with E-state index in [2.05, 4.69) is 20.6 Å². The molecule has 0 spiro atoms. The van der Waals surface area contributed by atoms with Crippen LogP contribution in [0.1, 0.15) is 6.42 Å². The number of nitrogens with one attached hydrogen (secondary N) is 1. The monoisotopic (exact) mass is 430 g/mol. The Balaban J connectivity index is 1.45. The number of carbonyl (C=O) groups excluding carboxylic acids is 2. The molecular weight excluding hydrogens is 411 g/mol. The van der Waals surface area contributed by atoms with E-state index in [-0.39, 0.29) is 12.1 Å². The number of hydrogen-bond acceptors (Lipinski definition) is 6. The summed E-state index contributed by atoms with van der Waals surface area (Å²) in [4.78, 5) is 24.5. The van der Waals surface area contributed by atoms with E-state index in [1.165, 1.54) is 29.3 Å². The van der Waals surface area contributed by atoms with Crippen LogP contribution < -0.4 is 16.1 Å². The van der Waals surface area contributed by atoms with Crippen LogP contribution in [0.15, 0.2) is 94.2 Å². The van der Waals surface area contributed by atoms with Crippen molar-refractivity contribution in [3.8, 4) is 0 Å². The molecule has 4 rings (SSSR count). The molecule has 0 radical (unpaired) electrons. The van der Waals surface area contributed by atoms with Gasteiger partial charge >= 0.3 is 0 Å². The van der Waals surface area contributed by atoms with Gasteiger partial charge in [0, 0.05) is 12.1 Å². The van der Waals surface area contributed by atoms with Crippen molar-refractivity contribution >= 4 is 40.3 Å². The van der Waals surface area contributed by atoms with Crippen LogP contribution in [0.2, 0.25) is 0 Å². The number of hydrogen-bond donors (Lipinski definition) is 2. The van der Waals surface area contributed by atoms with Crippen molar-refractivity contribution in [2.24, 2.45) is 21.1 Å². The summed E-state index contributed by atoms with van der Waals surface area (Å²) in [5.74, 6) is -1.51. The fourth-order valence-electron chi connectivity index (χ4n) is 3.13. The molecule has 32 heavy (non-hydrogen) atoms. The Morgan fingerprint density at radius 3 is 2.19 bits per heavy atom. The van der Waals surface area contributed by atoms with E-state index in [0.717, 1.165) is 5.69 Å². The van der Waals surface area contributed by atoms with Crippen molar-refractivity contribution in [1.82, 2.24) is 0 Å². The van der Waals surface area contributed by atoms with E-state index in [1.54, 1.807) is 24.3 Å². The third kappa shape index (κ3) is 4.84. The van der Waals surface area contributed by atoms with Gasteiger partial charge in [-0.2, -0.15) is 15.3 Å². The maximum Gasteiger partial charge on any atom is 0.271 e. The van der Waals surface area contributed by atoms with Crippen LogP contribution in [0.25, 0.3) is 0 Å². The Labute approximate surface area is 183 Å². The molecule has 0 fully saturated rings. The number of halogens is 1. The number of nitrogens with zero attached hydrogens (tertiary/aromatic N) is 4. The first-order valence-electron chi connectivity index (χ1n) is 9.79. The van der Waals surface area contributed by atoms with Crippen molar-refractivity contribution in [3.63, 3.8) is 0 Å². The van der Waals surface area contributed by atoms with Crippen LogP contribution in [0.3, 0.4) is 0 Å². The first-order valence-corrected chi connectivity index (χ1v) is 9.79. The molecule has 3 N–H and O–H groups in total. The number of rotatable bonds is 6. The van der Waals surface area contributed by atoms with Crippen LogP contribution in [0.4, 0.5) is 27.1 Å². The van der Waals surface area contributed by atoms with Gasteiger partial charge < -0.3 is 11.1 Å². The number of anilines is 2. The molecular formula is C23H19FN6O2. The lowest BCUT2D eigenvalue weighted by atomic mass is 10.1. The summed E-state index contributed by atoms with van der Waals surface area (Å²) >= 11 is 0. The van der Waals surface area contributed by atoms with Gasteiger partial charge in [-0.1, -0.05) is 18.2 Å². The second-order valence-electron chi connectivity index (χ2n) is 7.03. The number of amides is 2. The molecule has 3 aromatic carbocycles. The zero-order chi connectivity index (χ0) is 22.5. The van der Waals surface area contributed by atoms with Crippen molar-refractivity contribution in [2.75, 3.05) is 10.3 Å². The Bertz CT molecular complexity index is 1180. The fourth-order valence-corrected chi connectivity index (χ4v) is 3.13. The lowest BCUT2D eigenvalue weighted by Gasteiger charge is -2.20. The largest absolute Gasteiger partial charge is 0.368 e. The van der Waals surface area contributed by atoms with Gasteiger partial charge in [0.1, 0.15) is 17.6 Å². The summed E-state index contributed by atoms with van der Waals surface area (Å²) in [6.07, 6.45) is 0.0436. The second kappa shape index (κ2) is 9.17. The molecule has 0 bridgehead atoms. The molecule has 0 saturated carbocycles. The van der Waals surface area contributed by atoms with E-state index in [1.807, 2.05) is 30.3 Å². The fraction of sp³-hybridized carbons (Fsp3) is 0.0870.